The molecule has 9 nitrogen and oxygen atoms in total. The van der Waals surface area contributed by atoms with Crippen LogP contribution in [-0.4, -0.2) is 95.1 Å². The van der Waals surface area contributed by atoms with Crippen molar-refractivity contribution in [3.63, 3.8) is 0 Å². The van der Waals surface area contributed by atoms with Crippen LogP contribution in [0.15, 0.2) is 0 Å². The van der Waals surface area contributed by atoms with E-state index in [9.17, 15) is 20.4 Å². The fourth-order valence-electron chi connectivity index (χ4n) is 2.71. The Morgan fingerprint density at radius 3 is 2.09 bits per heavy atom. The van der Waals surface area contributed by atoms with Crippen molar-refractivity contribution in [1.29, 1.82) is 0 Å². The molecule has 22 heavy (non-hydrogen) atoms. The molecule has 5 N–H and O–H groups in total. The minimum Gasteiger partial charge on any atom is -0.394 e. The second kappa shape index (κ2) is 7.95. The molecular formula is C13H24O9. The smallest absolute Gasteiger partial charge is 0.161 e. The fourth-order valence-corrected chi connectivity index (χ4v) is 2.71. The highest BCUT2D eigenvalue weighted by molar-refractivity contribution is 4.87. The predicted molar refractivity (Wildman–Crippen MR) is 70.6 cm³/mol. The van der Waals surface area contributed by atoms with Crippen molar-refractivity contribution >= 4 is 0 Å². The number of ether oxygens (including phenoxy) is 4. The maximum absolute atomic E-state index is 10.1. The Balaban J connectivity index is 1.99. The number of hydrogen-bond donors (Lipinski definition) is 5. The zero-order valence-electron chi connectivity index (χ0n) is 12.3. The van der Waals surface area contributed by atoms with E-state index >= 15 is 0 Å². The molecule has 8 atom stereocenters. The highest BCUT2D eigenvalue weighted by Gasteiger charge is 2.43. The van der Waals surface area contributed by atoms with E-state index in [1.165, 1.54) is 7.11 Å². The van der Waals surface area contributed by atoms with Crippen LogP contribution in [0.3, 0.4) is 0 Å². The zero-order valence-corrected chi connectivity index (χ0v) is 12.3. The quantitative estimate of drug-likeness (QED) is 0.366. The molecule has 2 aliphatic heterocycles. The van der Waals surface area contributed by atoms with E-state index in [0.717, 1.165) is 0 Å². The molecule has 0 aromatic carbocycles. The van der Waals surface area contributed by atoms with E-state index in [1.54, 1.807) is 0 Å². The van der Waals surface area contributed by atoms with Crippen molar-refractivity contribution in [2.24, 2.45) is 0 Å². The van der Waals surface area contributed by atoms with Crippen molar-refractivity contribution in [1.82, 2.24) is 0 Å². The lowest BCUT2D eigenvalue weighted by Gasteiger charge is -2.42. The molecule has 9 heteroatoms. The number of hydrogen-bond acceptors (Lipinski definition) is 9. The third kappa shape index (κ3) is 3.94. The van der Waals surface area contributed by atoms with Gasteiger partial charge in [-0.15, -0.1) is 0 Å². The molecule has 0 saturated carbocycles. The lowest BCUT2D eigenvalue weighted by Crippen LogP contribution is -2.56. The van der Waals surface area contributed by atoms with Crippen molar-refractivity contribution in [2.75, 3.05) is 20.3 Å². The van der Waals surface area contributed by atoms with Gasteiger partial charge in [0, 0.05) is 20.0 Å². The Hall–Kier alpha value is -0.360. The van der Waals surface area contributed by atoms with E-state index in [1.807, 2.05) is 0 Å². The van der Waals surface area contributed by atoms with Gasteiger partial charge in [-0.2, -0.15) is 0 Å². The van der Waals surface area contributed by atoms with Gasteiger partial charge in [0.2, 0.25) is 0 Å². The Morgan fingerprint density at radius 2 is 1.50 bits per heavy atom. The number of aliphatic hydroxyl groups is 5. The van der Waals surface area contributed by atoms with Gasteiger partial charge in [-0.25, -0.2) is 0 Å². The average Bonchev–Trinajstić information content (AvgIpc) is 2.52. The van der Waals surface area contributed by atoms with Crippen LogP contribution < -0.4 is 0 Å². The Bertz CT molecular complexity index is 341. The molecule has 1 unspecified atom stereocenters. The van der Waals surface area contributed by atoms with Crippen molar-refractivity contribution in [2.45, 2.75) is 62.0 Å². The predicted octanol–water partition coefficient (Wildman–Crippen LogP) is -2.68. The van der Waals surface area contributed by atoms with Crippen LogP contribution in [0.4, 0.5) is 0 Å². The molecule has 0 bridgehead atoms. The summed E-state index contributed by atoms with van der Waals surface area (Å²) in [6, 6.07) is 0. The van der Waals surface area contributed by atoms with Crippen LogP contribution in [0.5, 0.6) is 0 Å². The maximum Gasteiger partial charge on any atom is 0.161 e. The van der Waals surface area contributed by atoms with Crippen molar-refractivity contribution in [3.8, 4) is 0 Å². The van der Waals surface area contributed by atoms with Crippen LogP contribution in [0.25, 0.3) is 0 Å². The molecule has 0 radical (unpaired) electrons. The molecule has 0 amide bonds. The minimum atomic E-state index is -1.20. The van der Waals surface area contributed by atoms with Crippen molar-refractivity contribution in [3.05, 3.63) is 0 Å². The van der Waals surface area contributed by atoms with E-state index in [-0.39, 0.29) is 19.4 Å². The summed E-state index contributed by atoms with van der Waals surface area (Å²) in [5.74, 6) is 0. The summed E-state index contributed by atoms with van der Waals surface area (Å²) in [6.45, 7) is -0.861. The molecule has 2 fully saturated rings. The minimum absolute atomic E-state index is 0.0211. The van der Waals surface area contributed by atoms with Gasteiger partial charge in [0.25, 0.3) is 0 Å². The maximum atomic E-state index is 10.1. The van der Waals surface area contributed by atoms with Crippen LogP contribution in [-0.2, 0) is 18.9 Å². The Morgan fingerprint density at radius 1 is 0.909 bits per heavy atom. The fraction of sp³-hybridized carbons (Fsp3) is 1.00. The molecule has 130 valence electrons. The summed E-state index contributed by atoms with van der Waals surface area (Å²) in [6.07, 6.45) is -7.36. The van der Waals surface area contributed by atoms with Crippen LogP contribution in [0, 0.1) is 0 Å². The van der Waals surface area contributed by atoms with Gasteiger partial charge in [0.15, 0.2) is 12.6 Å². The highest BCUT2D eigenvalue weighted by Crippen LogP contribution is 2.28. The lowest BCUT2D eigenvalue weighted by atomic mass is 10.00. The highest BCUT2D eigenvalue weighted by atomic mass is 16.7. The summed E-state index contributed by atoms with van der Waals surface area (Å²) >= 11 is 0. The molecule has 0 spiro atoms. The van der Waals surface area contributed by atoms with Gasteiger partial charge in [-0.3, -0.25) is 0 Å². The van der Waals surface area contributed by atoms with Crippen LogP contribution in [0.1, 0.15) is 12.8 Å². The Labute approximate surface area is 128 Å². The second-order valence-electron chi connectivity index (χ2n) is 5.51. The zero-order chi connectivity index (χ0) is 16.3. The van der Waals surface area contributed by atoms with Gasteiger partial charge in [-0.1, -0.05) is 0 Å². The van der Waals surface area contributed by atoms with Gasteiger partial charge >= 0.3 is 0 Å². The third-order valence-electron chi connectivity index (χ3n) is 3.97. The number of methoxy groups -OCH3 is 1. The van der Waals surface area contributed by atoms with Gasteiger partial charge in [0.1, 0.15) is 24.4 Å². The monoisotopic (exact) mass is 324 g/mol. The first kappa shape index (κ1) is 18.0. The van der Waals surface area contributed by atoms with Gasteiger partial charge in [-0.05, 0) is 0 Å². The van der Waals surface area contributed by atoms with Gasteiger partial charge in [0.05, 0.1) is 25.4 Å². The van der Waals surface area contributed by atoms with E-state index in [0.29, 0.717) is 0 Å². The first-order valence-electron chi connectivity index (χ1n) is 7.25. The summed E-state index contributed by atoms with van der Waals surface area (Å²) in [5.41, 5.74) is 0. The lowest BCUT2D eigenvalue weighted by molar-refractivity contribution is -0.318. The first-order chi connectivity index (χ1) is 10.5. The SMILES string of the molecule is CO[C@@H]1CC(O)[C@H](O[C@@H]2C[C@@H](O)[C@H](O)[C@@H](CO)O2)[C@@H](CO)O1. The van der Waals surface area contributed by atoms with E-state index in [4.69, 9.17) is 24.1 Å². The van der Waals surface area contributed by atoms with Crippen LogP contribution >= 0.6 is 0 Å². The topological polar surface area (TPSA) is 138 Å². The summed E-state index contributed by atoms with van der Waals surface area (Å²) < 4.78 is 21.4. The molecule has 0 aliphatic carbocycles. The Kier molecular flexibility index (Phi) is 6.50. The first-order valence-corrected chi connectivity index (χ1v) is 7.25. The third-order valence-corrected chi connectivity index (χ3v) is 3.97. The summed E-state index contributed by atoms with van der Waals surface area (Å²) in [5, 5.41) is 48.1. The largest absolute Gasteiger partial charge is 0.394 e. The standard InChI is InChI=1S/C13H24O9/c1-19-10-3-7(17)13(9(5-15)21-10)22-11-2-6(16)12(18)8(4-14)20-11/h6-18H,2-5H2,1H3/t6-,7?,8-,9-,10+,11-,12+,13+/m1/s1. The molecule has 2 rings (SSSR count). The molecule has 2 heterocycles. The molecule has 2 aliphatic rings. The number of rotatable bonds is 5. The summed E-state index contributed by atoms with van der Waals surface area (Å²) in [4.78, 5) is 0. The molecule has 0 aromatic heterocycles. The summed E-state index contributed by atoms with van der Waals surface area (Å²) in [7, 11) is 1.43. The number of aliphatic hydroxyl groups excluding tert-OH is 5. The van der Waals surface area contributed by atoms with E-state index in [2.05, 4.69) is 0 Å². The second-order valence-corrected chi connectivity index (χ2v) is 5.51. The molecule has 2 saturated heterocycles. The molecule has 0 aromatic rings. The van der Waals surface area contributed by atoms with Gasteiger partial charge < -0.3 is 44.5 Å². The van der Waals surface area contributed by atoms with Crippen LogP contribution in [0.2, 0.25) is 0 Å². The van der Waals surface area contributed by atoms with Crippen molar-refractivity contribution < 1.29 is 44.5 Å². The van der Waals surface area contributed by atoms with E-state index < -0.39 is 55.8 Å². The normalized spacial score (nSPS) is 46.6. The average molecular weight is 324 g/mol. The molecular weight excluding hydrogens is 300 g/mol.